The van der Waals surface area contributed by atoms with E-state index in [1.165, 1.54) is 12.1 Å². The highest BCUT2D eigenvalue weighted by molar-refractivity contribution is 5.96. The zero-order chi connectivity index (χ0) is 18.0. The number of nitrogens with one attached hydrogen (secondary N) is 1. The van der Waals surface area contributed by atoms with Gasteiger partial charge in [0.25, 0.3) is 11.5 Å². The van der Waals surface area contributed by atoms with E-state index in [0.29, 0.717) is 9.95 Å². The van der Waals surface area contributed by atoms with Crippen LogP contribution in [0, 0.1) is 0 Å². The van der Waals surface area contributed by atoms with Gasteiger partial charge in [-0.15, -0.1) is 0 Å². The van der Waals surface area contributed by atoms with Crippen LogP contribution in [0.3, 0.4) is 0 Å². The largest absolute Gasteiger partial charge is 0.406 e. The molecule has 1 heterocycles. The molecule has 4 nitrogen and oxygen atoms in total. The first kappa shape index (κ1) is 17.5. The van der Waals surface area contributed by atoms with Crippen LogP contribution in [-0.4, -0.2) is 22.7 Å². The van der Waals surface area contributed by atoms with Crippen molar-refractivity contribution in [3.8, 4) is 0 Å². The third-order valence-electron chi connectivity index (χ3n) is 4.53. The number of hydrogen-bond donors (Lipinski definition) is 1. The molecule has 1 aliphatic rings. The second-order valence-corrected chi connectivity index (χ2v) is 6.43. The standard InChI is InChI=1S/C18H19F3N2O2/c19-18(20,21)11-23-15(16(24)22-13-7-2-1-3-8-13)10-12-6-4-5-9-14(12)17(23)25/h4-6,9-10,13H,1-3,7-8,11H2,(H,22,24). The third-order valence-corrected chi connectivity index (χ3v) is 4.53. The van der Waals surface area contributed by atoms with Crippen molar-refractivity contribution < 1.29 is 18.0 Å². The fourth-order valence-corrected chi connectivity index (χ4v) is 3.33. The van der Waals surface area contributed by atoms with Gasteiger partial charge in [-0.1, -0.05) is 37.5 Å². The van der Waals surface area contributed by atoms with Crippen LogP contribution in [0.15, 0.2) is 35.1 Å². The number of benzene rings is 1. The molecule has 2 aromatic rings. The minimum atomic E-state index is -4.59. The molecule has 0 radical (unpaired) electrons. The van der Waals surface area contributed by atoms with Crippen LogP contribution in [0.25, 0.3) is 10.8 Å². The van der Waals surface area contributed by atoms with Gasteiger partial charge in [-0.3, -0.25) is 14.2 Å². The van der Waals surface area contributed by atoms with Crippen molar-refractivity contribution in [2.75, 3.05) is 0 Å². The maximum absolute atomic E-state index is 12.9. The number of hydrogen-bond acceptors (Lipinski definition) is 2. The molecule has 0 unspecified atom stereocenters. The quantitative estimate of drug-likeness (QED) is 0.917. The Labute approximate surface area is 142 Å². The smallest absolute Gasteiger partial charge is 0.348 e. The fourth-order valence-electron chi connectivity index (χ4n) is 3.33. The van der Waals surface area contributed by atoms with E-state index in [-0.39, 0.29) is 17.1 Å². The topological polar surface area (TPSA) is 51.1 Å². The Hall–Kier alpha value is -2.31. The molecular formula is C18H19F3N2O2. The number of carbonyl (C=O) groups excluding carboxylic acids is 1. The van der Waals surface area contributed by atoms with Crippen molar-refractivity contribution in [1.82, 2.24) is 9.88 Å². The molecule has 1 aliphatic carbocycles. The van der Waals surface area contributed by atoms with Crippen LogP contribution in [0.2, 0.25) is 0 Å². The molecule has 0 spiro atoms. The lowest BCUT2D eigenvalue weighted by Crippen LogP contribution is -2.40. The van der Waals surface area contributed by atoms with Gasteiger partial charge in [-0.25, -0.2) is 0 Å². The summed E-state index contributed by atoms with van der Waals surface area (Å²) in [6.07, 6.45) is 0.0922. The summed E-state index contributed by atoms with van der Waals surface area (Å²) in [5, 5.41) is 3.41. The third kappa shape index (κ3) is 4.03. The molecule has 1 saturated carbocycles. The second kappa shape index (κ2) is 6.90. The second-order valence-electron chi connectivity index (χ2n) is 6.43. The Morgan fingerprint density at radius 2 is 1.84 bits per heavy atom. The normalized spacial score (nSPS) is 16.1. The fraction of sp³-hybridized carbons (Fsp3) is 0.444. The van der Waals surface area contributed by atoms with E-state index in [1.54, 1.807) is 18.2 Å². The van der Waals surface area contributed by atoms with Gasteiger partial charge in [-0.2, -0.15) is 13.2 Å². The molecule has 0 bridgehead atoms. The van der Waals surface area contributed by atoms with Crippen molar-refractivity contribution in [1.29, 1.82) is 0 Å². The van der Waals surface area contributed by atoms with Gasteiger partial charge >= 0.3 is 6.18 Å². The molecule has 1 amide bonds. The number of aromatic nitrogens is 1. The number of nitrogens with zero attached hydrogens (tertiary/aromatic N) is 1. The lowest BCUT2D eigenvalue weighted by Gasteiger charge is -2.24. The first-order chi connectivity index (χ1) is 11.8. The van der Waals surface area contributed by atoms with Crippen LogP contribution in [0.1, 0.15) is 42.6 Å². The van der Waals surface area contributed by atoms with E-state index in [1.807, 2.05) is 0 Å². The maximum Gasteiger partial charge on any atom is 0.406 e. The zero-order valence-electron chi connectivity index (χ0n) is 13.6. The number of amides is 1. The summed E-state index contributed by atoms with van der Waals surface area (Å²) >= 11 is 0. The Morgan fingerprint density at radius 3 is 2.52 bits per heavy atom. The maximum atomic E-state index is 12.9. The first-order valence-corrected chi connectivity index (χ1v) is 8.35. The van der Waals surface area contributed by atoms with Gasteiger partial charge in [0.05, 0.1) is 0 Å². The van der Waals surface area contributed by atoms with E-state index >= 15 is 0 Å². The van der Waals surface area contributed by atoms with Crippen LogP contribution in [-0.2, 0) is 6.54 Å². The molecule has 1 fully saturated rings. The van der Waals surface area contributed by atoms with Crippen LogP contribution in [0.4, 0.5) is 13.2 Å². The van der Waals surface area contributed by atoms with Gasteiger partial charge in [0.1, 0.15) is 12.2 Å². The molecule has 1 N–H and O–H groups in total. The summed E-state index contributed by atoms with van der Waals surface area (Å²) in [5.74, 6) is -0.626. The van der Waals surface area contributed by atoms with Gasteiger partial charge in [0, 0.05) is 11.4 Å². The van der Waals surface area contributed by atoms with Crippen molar-refractivity contribution in [2.24, 2.45) is 0 Å². The van der Waals surface area contributed by atoms with E-state index in [4.69, 9.17) is 0 Å². The molecule has 3 rings (SSSR count). The lowest BCUT2D eigenvalue weighted by molar-refractivity contribution is -0.141. The Morgan fingerprint density at radius 1 is 1.16 bits per heavy atom. The minimum absolute atomic E-state index is 0.0536. The summed E-state index contributed by atoms with van der Waals surface area (Å²) in [4.78, 5) is 25.1. The highest BCUT2D eigenvalue weighted by Crippen LogP contribution is 2.21. The summed E-state index contributed by atoms with van der Waals surface area (Å²) in [6.45, 7) is -1.48. The van der Waals surface area contributed by atoms with Crippen molar-refractivity contribution in [3.05, 3.63) is 46.4 Å². The highest BCUT2D eigenvalue weighted by Gasteiger charge is 2.31. The van der Waals surface area contributed by atoms with Crippen molar-refractivity contribution in [3.63, 3.8) is 0 Å². The molecule has 25 heavy (non-hydrogen) atoms. The molecule has 134 valence electrons. The Bertz CT molecular complexity index is 836. The van der Waals surface area contributed by atoms with Gasteiger partial charge in [0.2, 0.25) is 0 Å². The summed E-state index contributed by atoms with van der Waals surface area (Å²) in [7, 11) is 0. The first-order valence-electron chi connectivity index (χ1n) is 8.35. The Kier molecular flexibility index (Phi) is 4.83. The molecule has 0 aliphatic heterocycles. The molecule has 7 heteroatoms. The van der Waals surface area contributed by atoms with Crippen molar-refractivity contribution >= 4 is 16.7 Å². The molecule has 1 aromatic carbocycles. The average molecular weight is 352 g/mol. The monoisotopic (exact) mass is 352 g/mol. The number of halogens is 3. The van der Waals surface area contributed by atoms with E-state index in [2.05, 4.69) is 5.32 Å². The summed E-state index contributed by atoms with van der Waals surface area (Å²) in [5.41, 5.74) is -1.05. The number of rotatable bonds is 3. The van der Waals surface area contributed by atoms with Gasteiger partial charge in [0.15, 0.2) is 0 Å². The molecule has 1 aromatic heterocycles. The van der Waals surface area contributed by atoms with Crippen LogP contribution < -0.4 is 10.9 Å². The predicted octanol–water partition coefficient (Wildman–Crippen LogP) is 3.63. The highest BCUT2D eigenvalue weighted by atomic mass is 19.4. The van der Waals surface area contributed by atoms with E-state index in [0.717, 1.165) is 32.1 Å². The number of carbonyl (C=O) groups is 1. The van der Waals surface area contributed by atoms with E-state index in [9.17, 15) is 22.8 Å². The summed E-state index contributed by atoms with van der Waals surface area (Å²) in [6, 6.07) is 7.66. The Balaban J connectivity index is 2.03. The SMILES string of the molecule is O=C(NC1CCCCC1)c1cc2ccccc2c(=O)n1CC(F)(F)F. The predicted molar refractivity (Wildman–Crippen MR) is 88.6 cm³/mol. The molecule has 0 atom stereocenters. The zero-order valence-corrected chi connectivity index (χ0v) is 13.6. The number of fused-ring (bicyclic) bond motifs is 1. The van der Waals surface area contributed by atoms with Gasteiger partial charge in [-0.05, 0) is 30.4 Å². The molecule has 0 saturated heterocycles. The lowest BCUT2D eigenvalue weighted by atomic mass is 9.95. The van der Waals surface area contributed by atoms with E-state index < -0.39 is 24.2 Å². The number of alkyl halides is 3. The summed E-state index contributed by atoms with van der Waals surface area (Å²) < 4.78 is 39.3. The van der Waals surface area contributed by atoms with Crippen LogP contribution >= 0.6 is 0 Å². The number of pyridine rings is 1. The average Bonchev–Trinajstić information content (AvgIpc) is 2.57. The molecular weight excluding hydrogens is 333 g/mol. The van der Waals surface area contributed by atoms with Crippen LogP contribution in [0.5, 0.6) is 0 Å². The minimum Gasteiger partial charge on any atom is -0.348 e. The van der Waals surface area contributed by atoms with Crippen molar-refractivity contribution in [2.45, 2.75) is 50.9 Å². The van der Waals surface area contributed by atoms with Gasteiger partial charge < -0.3 is 5.32 Å².